The molecule has 1 heterocycles. The Morgan fingerprint density at radius 3 is 2.59 bits per heavy atom. The summed E-state index contributed by atoms with van der Waals surface area (Å²) in [4.78, 5) is 22.8. The van der Waals surface area contributed by atoms with E-state index in [-0.39, 0.29) is 6.61 Å². The van der Waals surface area contributed by atoms with Gasteiger partial charge < -0.3 is 9.15 Å². The minimum Gasteiger partial charge on any atom is -0.466 e. The summed E-state index contributed by atoms with van der Waals surface area (Å²) in [7, 11) is 0. The van der Waals surface area contributed by atoms with Gasteiger partial charge in [0.25, 0.3) is 11.8 Å². The number of carbonyl (C=O) groups is 2. The third kappa shape index (κ3) is 3.92. The first kappa shape index (κ1) is 13.2. The van der Waals surface area contributed by atoms with Crippen molar-refractivity contribution >= 4 is 11.8 Å². The summed E-state index contributed by atoms with van der Waals surface area (Å²) in [6.45, 7) is 5.58. The van der Waals surface area contributed by atoms with Crippen LogP contribution in [0.4, 0.5) is 0 Å². The molecule has 0 saturated carbocycles. The Bertz CT molecular complexity index is 412. The standard InChI is InChI=1S/C11H16N2O4/c1-4-16-6-10(14)12-13-11(15)9-5-7(2)17-8(9)3/h5H,4,6H2,1-3H3,(H,12,14)(H,13,15). The SMILES string of the molecule is CCOCC(=O)NNC(=O)c1cc(C)oc1C. The van der Waals surface area contributed by atoms with Crippen LogP contribution in [0.5, 0.6) is 0 Å². The van der Waals surface area contributed by atoms with Gasteiger partial charge >= 0.3 is 0 Å². The van der Waals surface area contributed by atoms with E-state index in [4.69, 9.17) is 9.15 Å². The maximum Gasteiger partial charge on any atom is 0.273 e. The van der Waals surface area contributed by atoms with E-state index in [1.165, 1.54) is 0 Å². The molecule has 0 fully saturated rings. The molecule has 0 bridgehead atoms. The molecule has 1 aromatic heterocycles. The van der Waals surface area contributed by atoms with Gasteiger partial charge in [0.1, 0.15) is 18.1 Å². The van der Waals surface area contributed by atoms with Gasteiger partial charge in [-0.05, 0) is 26.8 Å². The third-order valence-electron chi connectivity index (χ3n) is 2.04. The normalized spacial score (nSPS) is 10.1. The maximum absolute atomic E-state index is 11.6. The Kier molecular flexibility index (Phi) is 4.71. The first-order valence-electron chi connectivity index (χ1n) is 5.28. The Morgan fingerprint density at radius 1 is 1.35 bits per heavy atom. The fourth-order valence-corrected chi connectivity index (χ4v) is 1.28. The molecule has 0 saturated heterocycles. The van der Waals surface area contributed by atoms with E-state index in [1.807, 2.05) is 0 Å². The first-order chi connectivity index (χ1) is 8.04. The number of carbonyl (C=O) groups excluding carboxylic acids is 2. The summed E-state index contributed by atoms with van der Waals surface area (Å²) in [6.07, 6.45) is 0. The first-order valence-corrected chi connectivity index (χ1v) is 5.28. The molecule has 1 aromatic rings. The number of hydrogen-bond donors (Lipinski definition) is 2. The average molecular weight is 240 g/mol. The number of ether oxygens (including phenoxy) is 1. The summed E-state index contributed by atoms with van der Waals surface area (Å²) in [5, 5.41) is 0. The Balaban J connectivity index is 2.45. The lowest BCUT2D eigenvalue weighted by Crippen LogP contribution is -2.43. The molecule has 6 nitrogen and oxygen atoms in total. The monoisotopic (exact) mass is 240 g/mol. The van der Waals surface area contributed by atoms with Crippen molar-refractivity contribution in [1.82, 2.24) is 10.9 Å². The largest absolute Gasteiger partial charge is 0.466 e. The van der Waals surface area contributed by atoms with Crippen LogP contribution in [0.15, 0.2) is 10.5 Å². The van der Waals surface area contributed by atoms with Crippen molar-refractivity contribution in [1.29, 1.82) is 0 Å². The molecule has 0 aromatic carbocycles. The Hall–Kier alpha value is -1.82. The molecule has 17 heavy (non-hydrogen) atoms. The van der Waals surface area contributed by atoms with E-state index in [2.05, 4.69) is 10.9 Å². The van der Waals surface area contributed by atoms with E-state index in [0.29, 0.717) is 23.7 Å². The fraction of sp³-hybridized carbons (Fsp3) is 0.455. The highest BCUT2D eigenvalue weighted by Crippen LogP contribution is 2.12. The van der Waals surface area contributed by atoms with Crippen LogP contribution in [0.1, 0.15) is 28.8 Å². The number of hydrogen-bond acceptors (Lipinski definition) is 4. The molecule has 0 unspecified atom stereocenters. The highest BCUT2D eigenvalue weighted by atomic mass is 16.5. The number of amides is 2. The molecule has 6 heteroatoms. The van der Waals surface area contributed by atoms with Gasteiger partial charge in [0, 0.05) is 6.61 Å². The zero-order valence-electron chi connectivity index (χ0n) is 10.1. The van der Waals surface area contributed by atoms with Crippen LogP contribution in [0.3, 0.4) is 0 Å². The fourth-order valence-electron chi connectivity index (χ4n) is 1.28. The number of rotatable bonds is 4. The predicted molar refractivity (Wildman–Crippen MR) is 60.3 cm³/mol. The van der Waals surface area contributed by atoms with E-state index >= 15 is 0 Å². The van der Waals surface area contributed by atoms with Crippen LogP contribution in [0.25, 0.3) is 0 Å². The van der Waals surface area contributed by atoms with E-state index in [0.717, 1.165) is 0 Å². The van der Waals surface area contributed by atoms with Crippen LogP contribution >= 0.6 is 0 Å². The van der Waals surface area contributed by atoms with Crippen molar-refractivity contribution in [3.8, 4) is 0 Å². The van der Waals surface area contributed by atoms with Crippen molar-refractivity contribution < 1.29 is 18.7 Å². The molecule has 0 spiro atoms. The number of nitrogens with one attached hydrogen (secondary N) is 2. The molecular formula is C11H16N2O4. The van der Waals surface area contributed by atoms with Crippen molar-refractivity contribution in [2.45, 2.75) is 20.8 Å². The minimum atomic E-state index is -0.413. The van der Waals surface area contributed by atoms with E-state index in [9.17, 15) is 9.59 Å². The van der Waals surface area contributed by atoms with Gasteiger partial charge in [-0.15, -0.1) is 0 Å². The lowest BCUT2D eigenvalue weighted by Gasteiger charge is -2.06. The summed E-state index contributed by atoms with van der Waals surface area (Å²) < 4.78 is 10.1. The molecule has 94 valence electrons. The summed E-state index contributed by atoms with van der Waals surface area (Å²) in [5.74, 6) is 0.342. The zero-order chi connectivity index (χ0) is 12.8. The average Bonchev–Trinajstić information content (AvgIpc) is 2.62. The van der Waals surface area contributed by atoms with Crippen molar-refractivity contribution in [2.75, 3.05) is 13.2 Å². The van der Waals surface area contributed by atoms with Gasteiger partial charge in [-0.3, -0.25) is 20.4 Å². The molecule has 1 rings (SSSR count). The van der Waals surface area contributed by atoms with Gasteiger partial charge in [-0.25, -0.2) is 0 Å². The van der Waals surface area contributed by atoms with Gasteiger partial charge in [0.2, 0.25) is 0 Å². The van der Waals surface area contributed by atoms with E-state index in [1.54, 1.807) is 26.8 Å². The molecule has 0 aliphatic rings. The minimum absolute atomic E-state index is 0.0832. The molecule has 0 atom stereocenters. The highest BCUT2D eigenvalue weighted by molar-refractivity contribution is 5.96. The lowest BCUT2D eigenvalue weighted by molar-refractivity contribution is -0.126. The smallest absolute Gasteiger partial charge is 0.273 e. The number of furan rings is 1. The summed E-state index contributed by atoms with van der Waals surface area (Å²) >= 11 is 0. The van der Waals surface area contributed by atoms with Gasteiger partial charge in [0.05, 0.1) is 5.56 Å². The molecule has 0 radical (unpaired) electrons. The number of aryl methyl sites for hydroxylation is 2. The van der Waals surface area contributed by atoms with Gasteiger partial charge in [-0.1, -0.05) is 0 Å². The van der Waals surface area contributed by atoms with Crippen LogP contribution in [0, 0.1) is 13.8 Å². The summed E-state index contributed by atoms with van der Waals surface area (Å²) in [6, 6.07) is 1.61. The second-order valence-corrected chi connectivity index (χ2v) is 3.47. The second kappa shape index (κ2) is 6.05. The molecular weight excluding hydrogens is 224 g/mol. The van der Waals surface area contributed by atoms with Crippen LogP contribution in [0.2, 0.25) is 0 Å². The molecule has 2 N–H and O–H groups in total. The maximum atomic E-state index is 11.6. The molecule has 0 aliphatic heterocycles. The molecule has 0 aliphatic carbocycles. The quantitative estimate of drug-likeness (QED) is 0.759. The van der Waals surface area contributed by atoms with Crippen LogP contribution in [-0.4, -0.2) is 25.0 Å². The van der Waals surface area contributed by atoms with E-state index < -0.39 is 11.8 Å². The van der Waals surface area contributed by atoms with Gasteiger partial charge in [0.15, 0.2) is 0 Å². The van der Waals surface area contributed by atoms with Gasteiger partial charge in [-0.2, -0.15) is 0 Å². The molecule has 2 amide bonds. The second-order valence-electron chi connectivity index (χ2n) is 3.47. The predicted octanol–water partition coefficient (Wildman–Crippen LogP) is 0.694. The number of hydrazine groups is 1. The lowest BCUT2D eigenvalue weighted by atomic mass is 10.2. The van der Waals surface area contributed by atoms with Crippen molar-refractivity contribution in [3.05, 3.63) is 23.2 Å². The van der Waals surface area contributed by atoms with Crippen molar-refractivity contribution in [2.24, 2.45) is 0 Å². The topological polar surface area (TPSA) is 80.6 Å². The Morgan fingerprint density at radius 2 is 2.06 bits per heavy atom. The zero-order valence-corrected chi connectivity index (χ0v) is 10.1. The summed E-state index contributed by atoms with van der Waals surface area (Å²) in [5.41, 5.74) is 4.93. The van der Waals surface area contributed by atoms with Crippen molar-refractivity contribution in [3.63, 3.8) is 0 Å². The third-order valence-corrected chi connectivity index (χ3v) is 2.04. The Labute approximate surface area is 99.3 Å². The van der Waals surface area contributed by atoms with Crippen LogP contribution < -0.4 is 10.9 Å². The highest BCUT2D eigenvalue weighted by Gasteiger charge is 2.13. The van der Waals surface area contributed by atoms with Crippen LogP contribution in [-0.2, 0) is 9.53 Å².